The van der Waals surface area contributed by atoms with Crippen LogP contribution in [-0.4, -0.2) is 52.1 Å². The largest absolute Gasteiger partial charge is 0.417 e. The summed E-state index contributed by atoms with van der Waals surface area (Å²) in [6, 6.07) is 8.95. The summed E-state index contributed by atoms with van der Waals surface area (Å²) in [5.41, 5.74) is 1.98. The number of alkyl halides is 3. The number of carbonyl (C=O) groups is 1. The Morgan fingerprint density at radius 1 is 1.00 bits per heavy atom. The lowest BCUT2D eigenvalue weighted by molar-refractivity contribution is -0.137. The van der Waals surface area contributed by atoms with Gasteiger partial charge in [0, 0.05) is 60.0 Å². The molecule has 4 heterocycles. The van der Waals surface area contributed by atoms with E-state index in [2.05, 4.69) is 15.0 Å². The van der Waals surface area contributed by atoms with E-state index in [0.29, 0.717) is 59.6 Å². The number of carbonyl (C=O) groups excluding carboxylic acids is 1. The monoisotopic (exact) mass is 452 g/mol. The number of fused-ring (bicyclic) bond motifs is 1. The molecule has 0 bridgehead atoms. The maximum absolute atomic E-state index is 13.6. The van der Waals surface area contributed by atoms with E-state index in [9.17, 15) is 18.0 Å². The van der Waals surface area contributed by atoms with E-state index in [4.69, 9.17) is 4.74 Å². The Hall–Kier alpha value is -3.72. The molecule has 5 rings (SSSR count). The number of halogens is 3. The number of nitrogens with one attached hydrogen (secondary N) is 1. The summed E-state index contributed by atoms with van der Waals surface area (Å²) >= 11 is 0. The zero-order chi connectivity index (χ0) is 23.0. The second kappa shape index (κ2) is 8.32. The summed E-state index contributed by atoms with van der Waals surface area (Å²) in [7, 11) is 0. The summed E-state index contributed by atoms with van der Waals surface area (Å²) < 4.78 is 46.0. The van der Waals surface area contributed by atoms with Crippen molar-refractivity contribution in [2.75, 3.05) is 26.3 Å². The Morgan fingerprint density at radius 3 is 2.55 bits per heavy atom. The molecule has 9 heteroatoms. The van der Waals surface area contributed by atoms with E-state index in [0.717, 1.165) is 6.07 Å². The lowest BCUT2D eigenvalue weighted by Crippen LogP contribution is -2.40. The first kappa shape index (κ1) is 21.1. The number of amides is 1. The summed E-state index contributed by atoms with van der Waals surface area (Å²) in [4.78, 5) is 26.1. The molecule has 1 N–H and O–H groups in total. The molecule has 1 aliphatic rings. The number of H-pyrrole nitrogens is 1. The maximum Gasteiger partial charge on any atom is 0.417 e. The fourth-order valence-corrected chi connectivity index (χ4v) is 4.01. The van der Waals surface area contributed by atoms with Crippen molar-refractivity contribution < 1.29 is 22.7 Å². The van der Waals surface area contributed by atoms with Gasteiger partial charge in [0.15, 0.2) is 0 Å². The number of aromatic amines is 1. The third-order valence-electron chi connectivity index (χ3n) is 5.67. The summed E-state index contributed by atoms with van der Waals surface area (Å²) in [5, 5.41) is 0.550. The molecule has 1 aliphatic heterocycles. The Labute approximate surface area is 187 Å². The van der Waals surface area contributed by atoms with Crippen molar-refractivity contribution in [1.29, 1.82) is 0 Å². The highest BCUT2D eigenvalue weighted by atomic mass is 19.4. The van der Waals surface area contributed by atoms with Crippen LogP contribution in [0, 0.1) is 0 Å². The van der Waals surface area contributed by atoms with Crippen LogP contribution in [0.3, 0.4) is 0 Å². The van der Waals surface area contributed by atoms with E-state index in [1.165, 1.54) is 24.5 Å². The van der Waals surface area contributed by atoms with Gasteiger partial charge < -0.3 is 14.6 Å². The number of morpholine rings is 1. The van der Waals surface area contributed by atoms with Crippen molar-refractivity contribution in [3.63, 3.8) is 0 Å². The molecule has 0 atom stereocenters. The van der Waals surface area contributed by atoms with Gasteiger partial charge in [-0.3, -0.25) is 9.78 Å². The standard InChI is InChI=1S/C24H19F3N4O2/c25-24(26,27)21-4-2-1-3-18(21)20-14-30-22-19(20)10-16(13-29-22)15-9-17(12-28-11-15)23(32)31-5-7-33-8-6-31/h1-4,9-14H,5-8H2,(H,29,30). The Kier molecular flexibility index (Phi) is 5.33. The third kappa shape index (κ3) is 4.07. The predicted octanol–water partition coefficient (Wildman–Crippen LogP) is 4.78. The number of benzene rings is 1. The van der Waals surface area contributed by atoms with Crippen LogP contribution in [0.15, 0.2) is 61.2 Å². The quantitative estimate of drug-likeness (QED) is 0.486. The molecule has 3 aromatic heterocycles. The average Bonchev–Trinajstić information content (AvgIpc) is 3.27. The molecule has 1 aromatic carbocycles. The first-order valence-corrected chi connectivity index (χ1v) is 10.4. The number of ether oxygens (including phenoxy) is 1. The van der Waals surface area contributed by atoms with Gasteiger partial charge in [-0.05, 0) is 23.8 Å². The summed E-state index contributed by atoms with van der Waals surface area (Å²) in [6.07, 6.45) is 1.77. The van der Waals surface area contributed by atoms with Crippen molar-refractivity contribution in [1.82, 2.24) is 19.9 Å². The number of hydrogen-bond acceptors (Lipinski definition) is 4. The number of nitrogens with zero attached hydrogens (tertiary/aromatic N) is 3. The Bertz CT molecular complexity index is 1330. The fourth-order valence-electron chi connectivity index (χ4n) is 4.01. The Balaban J connectivity index is 1.55. The molecule has 33 heavy (non-hydrogen) atoms. The molecule has 0 saturated carbocycles. The van der Waals surface area contributed by atoms with Gasteiger partial charge in [0.05, 0.1) is 24.3 Å². The molecule has 4 aromatic rings. The van der Waals surface area contributed by atoms with Crippen LogP contribution in [0.5, 0.6) is 0 Å². The van der Waals surface area contributed by atoms with E-state index in [-0.39, 0.29) is 11.5 Å². The topological polar surface area (TPSA) is 71.1 Å². The van der Waals surface area contributed by atoms with E-state index < -0.39 is 11.7 Å². The van der Waals surface area contributed by atoms with Crippen molar-refractivity contribution in [2.24, 2.45) is 0 Å². The molecule has 0 radical (unpaired) electrons. The van der Waals surface area contributed by atoms with E-state index >= 15 is 0 Å². The van der Waals surface area contributed by atoms with Gasteiger partial charge in [-0.1, -0.05) is 18.2 Å². The number of pyridine rings is 2. The summed E-state index contributed by atoms with van der Waals surface area (Å²) in [6.45, 7) is 2.02. The molecule has 1 amide bonds. The van der Waals surface area contributed by atoms with Gasteiger partial charge in [0.1, 0.15) is 5.65 Å². The Morgan fingerprint density at radius 2 is 1.76 bits per heavy atom. The first-order valence-electron chi connectivity index (χ1n) is 10.4. The minimum Gasteiger partial charge on any atom is -0.378 e. The highest BCUT2D eigenvalue weighted by molar-refractivity contribution is 5.98. The normalized spacial score (nSPS) is 14.6. The SMILES string of the molecule is O=C(c1cncc(-c2cnc3[nH]cc(-c4ccccc4C(F)(F)F)c3c2)c1)N1CCOCC1. The number of aromatic nitrogens is 3. The molecule has 6 nitrogen and oxygen atoms in total. The molecule has 1 fully saturated rings. The number of rotatable bonds is 3. The lowest BCUT2D eigenvalue weighted by Gasteiger charge is -2.26. The smallest absolute Gasteiger partial charge is 0.378 e. The van der Waals surface area contributed by atoms with Crippen molar-refractivity contribution in [2.45, 2.75) is 6.18 Å². The van der Waals surface area contributed by atoms with Crippen molar-refractivity contribution >= 4 is 16.9 Å². The lowest BCUT2D eigenvalue weighted by atomic mass is 9.98. The second-order valence-electron chi connectivity index (χ2n) is 7.73. The van der Waals surface area contributed by atoms with Crippen molar-refractivity contribution in [3.05, 3.63) is 72.3 Å². The zero-order valence-electron chi connectivity index (χ0n) is 17.4. The second-order valence-corrected chi connectivity index (χ2v) is 7.73. The van der Waals surface area contributed by atoms with Crippen LogP contribution < -0.4 is 0 Å². The predicted molar refractivity (Wildman–Crippen MR) is 116 cm³/mol. The van der Waals surface area contributed by atoms with Crippen LogP contribution in [0.1, 0.15) is 15.9 Å². The van der Waals surface area contributed by atoms with Gasteiger partial charge in [-0.2, -0.15) is 13.2 Å². The minimum atomic E-state index is -4.48. The van der Waals surface area contributed by atoms with Crippen LogP contribution >= 0.6 is 0 Å². The highest BCUT2D eigenvalue weighted by Crippen LogP contribution is 2.39. The summed E-state index contributed by atoms with van der Waals surface area (Å²) in [5.74, 6) is -0.136. The first-order chi connectivity index (χ1) is 15.9. The van der Waals surface area contributed by atoms with Crippen molar-refractivity contribution in [3.8, 4) is 22.3 Å². The number of hydrogen-bond donors (Lipinski definition) is 1. The minimum absolute atomic E-state index is 0.0737. The van der Waals surface area contributed by atoms with E-state index in [1.54, 1.807) is 35.5 Å². The van der Waals surface area contributed by atoms with Gasteiger partial charge in [0.2, 0.25) is 0 Å². The van der Waals surface area contributed by atoms with Gasteiger partial charge in [-0.15, -0.1) is 0 Å². The average molecular weight is 452 g/mol. The molecular weight excluding hydrogens is 433 g/mol. The van der Waals surface area contributed by atoms with Crippen LogP contribution in [0.25, 0.3) is 33.3 Å². The van der Waals surface area contributed by atoms with E-state index in [1.807, 2.05) is 0 Å². The molecule has 168 valence electrons. The molecular formula is C24H19F3N4O2. The third-order valence-corrected chi connectivity index (χ3v) is 5.67. The van der Waals surface area contributed by atoms with Crippen LogP contribution in [0.4, 0.5) is 13.2 Å². The molecule has 0 unspecified atom stereocenters. The zero-order valence-corrected chi connectivity index (χ0v) is 17.4. The van der Waals surface area contributed by atoms with Crippen LogP contribution in [0.2, 0.25) is 0 Å². The maximum atomic E-state index is 13.6. The van der Waals surface area contributed by atoms with Gasteiger partial charge in [-0.25, -0.2) is 4.98 Å². The fraction of sp³-hybridized carbons (Fsp3) is 0.208. The van der Waals surface area contributed by atoms with Gasteiger partial charge in [0.25, 0.3) is 5.91 Å². The van der Waals surface area contributed by atoms with Gasteiger partial charge >= 0.3 is 6.18 Å². The molecule has 0 spiro atoms. The highest BCUT2D eigenvalue weighted by Gasteiger charge is 2.33. The molecule has 0 aliphatic carbocycles. The van der Waals surface area contributed by atoms with Crippen LogP contribution in [-0.2, 0) is 10.9 Å². The molecule has 1 saturated heterocycles.